The highest BCUT2D eigenvalue weighted by atomic mass is 16.5. The zero-order chi connectivity index (χ0) is 20.2. The standard InChI is InChI=1S/C23H36O4/c1-7-18(25)27-17-13-21(5,8-2)20(26)15(4)23-11-9-14(3)22(17,6)19(23)16(24)10-12-23/h8,14-15,17,19-20,26H,2,7,9-13H2,1,3-6H3. The van der Waals surface area contributed by atoms with E-state index in [0.29, 0.717) is 25.0 Å². The molecule has 4 heteroatoms. The summed E-state index contributed by atoms with van der Waals surface area (Å²) in [6.07, 6.45) is 5.02. The van der Waals surface area contributed by atoms with Crippen LogP contribution in [0, 0.1) is 34.0 Å². The monoisotopic (exact) mass is 376 g/mol. The summed E-state index contributed by atoms with van der Waals surface area (Å²) in [5.41, 5.74) is -1.17. The molecule has 3 fully saturated rings. The molecule has 0 radical (unpaired) electrons. The Morgan fingerprint density at radius 3 is 2.59 bits per heavy atom. The lowest BCUT2D eigenvalue weighted by molar-refractivity contribution is -0.206. The molecule has 0 aromatic rings. The van der Waals surface area contributed by atoms with Crippen molar-refractivity contribution in [2.24, 2.45) is 34.0 Å². The van der Waals surface area contributed by atoms with Gasteiger partial charge in [-0.05, 0) is 42.9 Å². The van der Waals surface area contributed by atoms with Crippen LogP contribution in [0.25, 0.3) is 0 Å². The second-order valence-corrected chi connectivity index (χ2v) is 9.92. The Kier molecular flexibility index (Phi) is 5.12. The first kappa shape index (κ1) is 20.6. The Balaban J connectivity index is 2.21. The van der Waals surface area contributed by atoms with Gasteiger partial charge in [-0.3, -0.25) is 9.59 Å². The van der Waals surface area contributed by atoms with Gasteiger partial charge in [0.05, 0.1) is 6.10 Å². The maximum atomic E-state index is 13.2. The predicted molar refractivity (Wildman–Crippen MR) is 105 cm³/mol. The van der Waals surface area contributed by atoms with Crippen LogP contribution in [-0.2, 0) is 14.3 Å². The molecule has 8 atom stereocenters. The molecular formula is C23H36O4. The van der Waals surface area contributed by atoms with Crippen molar-refractivity contribution in [3.05, 3.63) is 12.7 Å². The minimum Gasteiger partial charge on any atom is -0.462 e. The van der Waals surface area contributed by atoms with Gasteiger partial charge in [-0.25, -0.2) is 0 Å². The molecule has 3 aliphatic carbocycles. The molecule has 4 nitrogen and oxygen atoms in total. The summed E-state index contributed by atoms with van der Waals surface area (Å²) < 4.78 is 6.02. The van der Waals surface area contributed by atoms with Crippen LogP contribution in [0.5, 0.6) is 0 Å². The summed E-state index contributed by atoms with van der Waals surface area (Å²) in [4.78, 5) is 25.5. The largest absolute Gasteiger partial charge is 0.462 e. The van der Waals surface area contributed by atoms with Crippen LogP contribution in [-0.4, -0.2) is 29.1 Å². The van der Waals surface area contributed by atoms with Crippen molar-refractivity contribution in [3.63, 3.8) is 0 Å². The normalized spacial score (nSPS) is 49.7. The van der Waals surface area contributed by atoms with E-state index in [0.717, 1.165) is 19.3 Å². The summed E-state index contributed by atoms with van der Waals surface area (Å²) >= 11 is 0. The fourth-order valence-corrected chi connectivity index (χ4v) is 6.74. The van der Waals surface area contributed by atoms with E-state index in [9.17, 15) is 14.7 Å². The van der Waals surface area contributed by atoms with Crippen LogP contribution in [0.3, 0.4) is 0 Å². The Morgan fingerprint density at radius 1 is 1.33 bits per heavy atom. The zero-order valence-corrected chi connectivity index (χ0v) is 17.6. The smallest absolute Gasteiger partial charge is 0.305 e. The minimum absolute atomic E-state index is 0.00611. The van der Waals surface area contributed by atoms with Gasteiger partial charge < -0.3 is 9.84 Å². The minimum atomic E-state index is -0.607. The molecule has 0 aliphatic heterocycles. The van der Waals surface area contributed by atoms with Crippen molar-refractivity contribution in [1.82, 2.24) is 0 Å². The van der Waals surface area contributed by atoms with E-state index < -0.39 is 23.0 Å². The van der Waals surface area contributed by atoms with Gasteiger partial charge in [0.15, 0.2) is 0 Å². The van der Waals surface area contributed by atoms with Gasteiger partial charge >= 0.3 is 5.97 Å². The van der Waals surface area contributed by atoms with E-state index in [-0.39, 0.29) is 29.1 Å². The van der Waals surface area contributed by atoms with E-state index >= 15 is 0 Å². The number of carbonyl (C=O) groups excluding carboxylic acids is 2. The molecule has 8 unspecified atom stereocenters. The summed E-state index contributed by atoms with van der Waals surface area (Å²) in [7, 11) is 0. The lowest BCUT2D eigenvalue weighted by Crippen LogP contribution is -2.63. The molecule has 0 saturated heterocycles. The van der Waals surface area contributed by atoms with Gasteiger partial charge in [0.25, 0.3) is 0 Å². The van der Waals surface area contributed by atoms with Crippen molar-refractivity contribution >= 4 is 11.8 Å². The van der Waals surface area contributed by atoms with Gasteiger partial charge in [0.1, 0.15) is 11.9 Å². The van der Waals surface area contributed by atoms with Gasteiger partial charge in [0.2, 0.25) is 0 Å². The summed E-state index contributed by atoms with van der Waals surface area (Å²) in [5.74, 6) is 0.199. The Labute approximate surface area is 163 Å². The topological polar surface area (TPSA) is 63.6 Å². The van der Waals surface area contributed by atoms with Crippen molar-refractivity contribution in [1.29, 1.82) is 0 Å². The molecule has 152 valence electrons. The predicted octanol–water partition coefficient (Wildman–Crippen LogP) is 4.30. The van der Waals surface area contributed by atoms with Crippen LogP contribution in [0.15, 0.2) is 12.7 Å². The number of Topliss-reactive ketones (excluding diaryl/α,β-unsaturated/α-hetero) is 1. The van der Waals surface area contributed by atoms with E-state index in [2.05, 4.69) is 27.4 Å². The highest BCUT2D eigenvalue weighted by molar-refractivity contribution is 5.85. The number of rotatable bonds is 3. The van der Waals surface area contributed by atoms with Crippen LogP contribution >= 0.6 is 0 Å². The summed E-state index contributed by atoms with van der Waals surface area (Å²) in [6, 6.07) is 0. The first-order valence-corrected chi connectivity index (χ1v) is 10.6. The van der Waals surface area contributed by atoms with E-state index in [4.69, 9.17) is 4.74 Å². The average molecular weight is 377 g/mol. The summed E-state index contributed by atoms with van der Waals surface area (Å²) in [6.45, 7) is 14.3. The van der Waals surface area contributed by atoms with E-state index in [1.165, 1.54) is 0 Å². The van der Waals surface area contributed by atoms with Crippen LogP contribution in [0.4, 0.5) is 0 Å². The highest BCUT2D eigenvalue weighted by Gasteiger charge is 2.68. The quantitative estimate of drug-likeness (QED) is 0.589. The molecule has 27 heavy (non-hydrogen) atoms. The first-order chi connectivity index (χ1) is 12.6. The Morgan fingerprint density at radius 2 is 2.00 bits per heavy atom. The molecule has 3 saturated carbocycles. The summed E-state index contributed by atoms with van der Waals surface area (Å²) in [5, 5.41) is 11.4. The van der Waals surface area contributed by atoms with Crippen LogP contribution in [0.1, 0.15) is 73.1 Å². The number of hydrogen-bond acceptors (Lipinski definition) is 4. The highest BCUT2D eigenvalue weighted by Crippen LogP contribution is 2.67. The SMILES string of the molecule is C=CC1(C)CC(OC(=O)CC)C2(C)C(C)CCC3(CCC(=O)C32)C(C)C1O. The second-order valence-electron chi connectivity index (χ2n) is 9.92. The average Bonchev–Trinajstić information content (AvgIpc) is 3.00. The van der Waals surface area contributed by atoms with Crippen molar-refractivity contribution < 1.29 is 19.4 Å². The third kappa shape index (κ3) is 2.73. The van der Waals surface area contributed by atoms with E-state index in [1.807, 2.05) is 13.0 Å². The van der Waals surface area contributed by atoms with Gasteiger partial charge in [0, 0.05) is 29.6 Å². The number of aliphatic hydroxyl groups is 1. The Hall–Kier alpha value is -1.16. The lowest BCUT2D eigenvalue weighted by atomic mass is 9.44. The molecule has 2 bridgehead atoms. The van der Waals surface area contributed by atoms with Crippen molar-refractivity contribution in [2.75, 3.05) is 0 Å². The molecule has 1 N–H and O–H groups in total. The van der Waals surface area contributed by atoms with Crippen molar-refractivity contribution in [3.8, 4) is 0 Å². The van der Waals surface area contributed by atoms with Gasteiger partial charge in [-0.15, -0.1) is 6.58 Å². The first-order valence-electron chi connectivity index (χ1n) is 10.6. The molecular weight excluding hydrogens is 340 g/mol. The van der Waals surface area contributed by atoms with Gasteiger partial charge in [-0.1, -0.05) is 40.7 Å². The number of aliphatic hydroxyl groups excluding tert-OH is 1. The third-order valence-electron chi connectivity index (χ3n) is 8.86. The second kappa shape index (κ2) is 6.72. The fraction of sp³-hybridized carbons (Fsp3) is 0.826. The molecule has 3 rings (SSSR count). The number of ketones is 1. The molecule has 0 amide bonds. The zero-order valence-electron chi connectivity index (χ0n) is 17.6. The molecule has 0 aromatic heterocycles. The third-order valence-corrected chi connectivity index (χ3v) is 8.86. The van der Waals surface area contributed by atoms with E-state index in [1.54, 1.807) is 6.92 Å². The van der Waals surface area contributed by atoms with Gasteiger partial charge in [-0.2, -0.15) is 0 Å². The van der Waals surface area contributed by atoms with Crippen LogP contribution in [0.2, 0.25) is 0 Å². The number of carbonyl (C=O) groups is 2. The number of ether oxygens (including phenoxy) is 1. The molecule has 0 spiro atoms. The fourth-order valence-electron chi connectivity index (χ4n) is 6.74. The number of esters is 1. The number of hydrogen-bond donors (Lipinski definition) is 1. The molecule has 0 heterocycles. The lowest BCUT2D eigenvalue weighted by Gasteiger charge is -2.61. The Bertz CT molecular complexity index is 642. The maximum absolute atomic E-state index is 13.2. The van der Waals surface area contributed by atoms with Crippen LogP contribution < -0.4 is 0 Å². The maximum Gasteiger partial charge on any atom is 0.305 e. The molecule has 0 aromatic carbocycles. The van der Waals surface area contributed by atoms with Crippen molar-refractivity contribution in [2.45, 2.75) is 85.4 Å². The molecule has 3 aliphatic rings.